The van der Waals surface area contributed by atoms with E-state index >= 15 is 0 Å². The highest BCUT2D eigenvalue weighted by molar-refractivity contribution is 6.31. The molecule has 4 bridgehead atoms. The Balaban J connectivity index is 1.45. The van der Waals surface area contributed by atoms with Crippen LogP contribution in [0, 0.1) is 17.3 Å². The number of carbonyl (C=O) groups is 1. The first kappa shape index (κ1) is 17.3. The number of nitrogens with one attached hydrogen (secondary N) is 1. The van der Waals surface area contributed by atoms with Gasteiger partial charge in [-0.3, -0.25) is 4.57 Å². The molecular weight excluding hydrogens is 364 g/mol. The van der Waals surface area contributed by atoms with Crippen LogP contribution in [0.1, 0.15) is 32.7 Å². The number of fused-ring (bicyclic) bond motifs is 1. The van der Waals surface area contributed by atoms with Crippen molar-refractivity contribution in [3.63, 3.8) is 0 Å². The quantitative estimate of drug-likeness (QED) is 0.879. The second kappa shape index (κ2) is 5.85. The zero-order valence-corrected chi connectivity index (χ0v) is 16.5. The average molecular weight is 389 g/mol. The molecule has 0 radical (unpaired) electrons. The predicted molar refractivity (Wildman–Crippen MR) is 105 cm³/mol. The Morgan fingerprint density at radius 2 is 1.96 bits per heavy atom. The van der Waals surface area contributed by atoms with Gasteiger partial charge in [-0.05, 0) is 56.7 Å². The molecule has 0 spiro atoms. The van der Waals surface area contributed by atoms with Gasteiger partial charge in [0, 0.05) is 42.7 Å². The number of amides is 1. The molecule has 2 unspecified atom stereocenters. The first-order valence-electron chi connectivity index (χ1n) is 9.80. The van der Waals surface area contributed by atoms with Gasteiger partial charge in [-0.15, -0.1) is 0 Å². The van der Waals surface area contributed by atoms with E-state index in [0.29, 0.717) is 17.1 Å². The number of imidazole rings is 1. The van der Waals surface area contributed by atoms with Crippen molar-refractivity contribution in [2.24, 2.45) is 17.3 Å². The Labute approximate surface area is 163 Å². The summed E-state index contributed by atoms with van der Waals surface area (Å²) in [5.74, 6) is 1.58. The molecule has 4 fully saturated rings. The number of piperidine rings is 2. The highest BCUT2D eigenvalue weighted by Crippen LogP contribution is 2.54. The van der Waals surface area contributed by atoms with Gasteiger partial charge in [-0.1, -0.05) is 11.6 Å². The number of benzene rings is 1. The lowest BCUT2D eigenvalue weighted by Gasteiger charge is -2.40. The molecule has 1 amide bonds. The minimum absolute atomic E-state index is 0.0392. The number of halogens is 1. The molecule has 1 aromatic heterocycles. The largest absolute Gasteiger partial charge is 0.337 e. The van der Waals surface area contributed by atoms with E-state index in [2.05, 4.69) is 10.2 Å². The maximum absolute atomic E-state index is 13.0. The van der Waals surface area contributed by atoms with E-state index in [1.807, 2.05) is 19.9 Å². The molecular formula is C20H25ClN4O2. The summed E-state index contributed by atoms with van der Waals surface area (Å²) in [5, 5.41) is 3.59. The van der Waals surface area contributed by atoms with Crippen LogP contribution in [0.15, 0.2) is 23.0 Å². The molecule has 4 heterocycles. The smallest absolute Gasteiger partial charge is 0.337 e. The summed E-state index contributed by atoms with van der Waals surface area (Å²) in [7, 11) is 0. The van der Waals surface area contributed by atoms with Crippen LogP contribution in [0.3, 0.4) is 0 Å². The molecule has 4 atom stereocenters. The summed E-state index contributed by atoms with van der Waals surface area (Å²) >= 11 is 6.14. The number of nitrogens with zero attached hydrogens (tertiary/aromatic N) is 3. The summed E-state index contributed by atoms with van der Waals surface area (Å²) in [6, 6.07) is 4.87. The van der Waals surface area contributed by atoms with Crippen LogP contribution in [0.2, 0.25) is 5.02 Å². The molecule has 7 heteroatoms. The second-order valence-corrected chi connectivity index (χ2v) is 9.43. The van der Waals surface area contributed by atoms with E-state index in [1.54, 1.807) is 16.7 Å². The number of aromatic nitrogens is 2. The SMILES string of the molecule is CC(C)n1c(=O)n(C(=O)NC[C@@]23CC4CN(C[C@@H]4C2)C3)c2cc(Cl)ccc21. The van der Waals surface area contributed by atoms with E-state index in [1.165, 1.54) is 30.5 Å². The summed E-state index contributed by atoms with van der Waals surface area (Å²) in [6.07, 6.45) is 2.39. The van der Waals surface area contributed by atoms with Crippen molar-refractivity contribution >= 4 is 28.7 Å². The van der Waals surface area contributed by atoms with E-state index in [-0.39, 0.29) is 23.2 Å². The zero-order chi connectivity index (χ0) is 18.9. The Kier molecular flexibility index (Phi) is 3.75. The summed E-state index contributed by atoms with van der Waals surface area (Å²) < 4.78 is 2.89. The lowest BCUT2D eigenvalue weighted by molar-refractivity contribution is 0.101. The third-order valence-corrected chi connectivity index (χ3v) is 7.01. The third kappa shape index (κ3) is 2.57. The Morgan fingerprint density at radius 3 is 2.59 bits per heavy atom. The number of hydrogen-bond acceptors (Lipinski definition) is 3. The van der Waals surface area contributed by atoms with E-state index in [9.17, 15) is 9.59 Å². The maximum atomic E-state index is 13.0. The van der Waals surface area contributed by atoms with Gasteiger partial charge in [0.1, 0.15) is 0 Å². The van der Waals surface area contributed by atoms with Gasteiger partial charge in [0.25, 0.3) is 0 Å². The van der Waals surface area contributed by atoms with Crippen LogP contribution in [0.25, 0.3) is 11.0 Å². The normalized spacial score (nSPS) is 31.3. The first-order valence-corrected chi connectivity index (χ1v) is 10.2. The maximum Gasteiger partial charge on any atom is 0.337 e. The van der Waals surface area contributed by atoms with Gasteiger partial charge in [0.2, 0.25) is 0 Å². The number of rotatable bonds is 3. The molecule has 3 saturated heterocycles. The van der Waals surface area contributed by atoms with Crippen LogP contribution in [-0.4, -0.2) is 46.2 Å². The van der Waals surface area contributed by atoms with Crippen LogP contribution < -0.4 is 11.0 Å². The predicted octanol–water partition coefficient (Wildman–Crippen LogP) is 2.94. The van der Waals surface area contributed by atoms with Crippen molar-refractivity contribution in [2.45, 2.75) is 32.7 Å². The van der Waals surface area contributed by atoms with Crippen molar-refractivity contribution in [3.05, 3.63) is 33.7 Å². The average Bonchev–Trinajstić information content (AvgIpc) is 3.14. The van der Waals surface area contributed by atoms with Crippen molar-refractivity contribution in [1.82, 2.24) is 19.4 Å². The van der Waals surface area contributed by atoms with E-state index < -0.39 is 0 Å². The van der Waals surface area contributed by atoms with Crippen LogP contribution >= 0.6 is 11.6 Å². The fourth-order valence-corrected chi connectivity index (χ4v) is 6.02. The fraction of sp³-hybridized carbons (Fsp3) is 0.600. The first-order chi connectivity index (χ1) is 12.9. The minimum Gasteiger partial charge on any atom is -0.337 e. The molecule has 4 aliphatic rings. The van der Waals surface area contributed by atoms with Crippen molar-refractivity contribution in [3.8, 4) is 0 Å². The molecule has 3 aliphatic heterocycles. The molecule has 1 aromatic carbocycles. The molecule has 1 aliphatic carbocycles. The van der Waals surface area contributed by atoms with Crippen LogP contribution in [0.4, 0.5) is 4.79 Å². The van der Waals surface area contributed by atoms with E-state index in [0.717, 1.165) is 23.9 Å². The van der Waals surface area contributed by atoms with E-state index in [4.69, 9.17) is 11.6 Å². The zero-order valence-electron chi connectivity index (χ0n) is 15.7. The summed E-state index contributed by atoms with van der Waals surface area (Å²) in [6.45, 7) is 8.03. The van der Waals surface area contributed by atoms with Gasteiger partial charge < -0.3 is 10.2 Å². The Hall–Kier alpha value is -1.79. The fourth-order valence-electron chi connectivity index (χ4n) is 5.86. The van der Waals surface area contributed by atoms with Gasteiger partial charge >= 0.3 is 11.7 Å². The van der Waals surface area contributed by atoms with Crippen molar-refractivity contribution in [1.29, 1.82) is 0 Å². The minimum atomic E-state index is -0.348. The molecule has 6 rings (SSSR count). The van der Waals surface area contributed by atoms with Gasteiger partial charge in [-0.25, -0.2) is 14.2 Å². The topological polar surface area (TPSA) is 59.3 Å². The van der Waals surface area contributed by atoms with Gasteiger partial charge in [0.05, 0.1) is 11.0 Å². The van der Waals surface area contributed by atoms with Crippen molar-refractivity contribution in [2.75, 3.05) is 26.2 Å². The lowest BCUT2D eigenvalue weighted by Crippen LogP contribution is -2.50. The highest BCUT2D eigenvalue weighted by Gasteiger charge is 2.55. The molecule has 2 aromatic rings. The summed E-state index contributed by atoms with van der Waals surface area (Å²) in [4.78, 5) is 28.5. The second-order valence-electron chi connectivity index (χ2n) is 9.00. The van der Waals surface area contributed by atoms with Gasteiger partial charge in [0.15, 0.2) is 0 Å². The third-order valence-electron chi connectivity index (χ3n) is 6.77. The Morgan fingerprint density at radius 1 is 1.26 bits per heavy atom. The molecule has 1 N–H and O–H groups in total. The molecule has 27 heavy (non-hydrogen) atoms. The van der Waals surface area contributed by atoms with Crippen molar-refractivity contribution < 1.29 is 4.79 Å². The number of carbonyl (C=O) groups excluding carboxylic acids is 1. The monoisotopic (exact) mass is 388 g/mol. The highest BCUT2D eigenvalue weighted by atomic mass is 35.5. The molecule has 6 nitrogen and oxygen atoms in total. The molecule has 1 saturated carbocycles. The summed E-state index contributed by atoms with van der Waals surface area (Å²) in [5.41, 5.74) is 1.17. The number of hydrogen-bond donors (Lipinski definition) is 1. The Bertz CT molecular complexity index is 972. The molecule has 144 valence electrons. The van der Waals surface area contributed by atoms with Crippen LogP contribution in [-0.2, 0) is 0 Å². The van der Waals surface area contributed by atoms with Gasteiger partial charge in [-0.2, -0.15) is 0 Å². The standard InChI is InChI=1S/C20H25ClN4O2/c1-12(2)24-16-4-3-15(21)5-17(16)25(19(24)27)18(26)22-10-20-6-13-8-23(11-20)9-14(13)7-20/h3-5,12-14H,6-11H2,1-2H3,(H,22,26)/t13-,14?,20-/m0/s1. The lowest BCUT2D eigenvalue weighted by atomic mass is 9.81. The van der Waals surface area contributed by atoms with Crippen LogP contribution in [0.5, 0.6) is 0 Å².